The van der Waals surface area contributed by atoms with E-state index in [2.05, 4.69) is 40.7 Å². The van der Waals surface area contributed by atoms with Crippen LogP contribution in [0.15, 0.2) is 16.9 Å². The first-order chi connectivity index (χ1) is 6.07. The first-order valence-corrected chi connectivity index (χ1v) is 4.16. The summed E-state index contributed by atoms with van der Waals surface area (Å²) in [5.41, 5.74) is 2.50. The maximum absolute atomic E-state index is 4.57. The zero-order valence-corrected chi connectivity index (χ0v) is 7.90. The van der Waals surface area contributed by atoms with Gasteiger partial charge in [0.1, 0.15) is 0 Å². The normalized spacial score (nSPS) is 12.2. The lowest BCUT2D eigenvalue weighted by Gasteiger charge is -2.17. The molecule has 0 unspecified atom stereocenters. The second-order valence-electron chi connectivity index (χ2n) is 4.08. The van der Waals surface area contributed by atoms with Gasteiger partial charge in [0.25, 0.3) is 0 Å². The first-order valence-electron chi connectivity index (χ1n) is 4.16. The monoisotopic (exact) mass is 177 g/mol. The summed E-state index contributed by atoms with van der Waals surface area (Å²) in [7, 11) is 0. The number of hydrogen-bond donors (Lipinski definition) is 0. The average Bonchev–Trinajstić information content (AvgIpc) is 2.47. The van der Waals surface area contributed by atoms with E-state index >= 15 is 0 Å². The van der Waals surface area contributed by atoms with Crippen LogP contribution in [0.25, 0.3) is 11.2 Å². The van der Waals surface area contributed by atoms with Crippen molar-refractivity contribution in [2.45, 2.75) is 26.2 Å². The third-order valence-electron chi connectivity index (χ3n) is 1.98. The summed E-state index contributed by atoms with van der Waals surface area (Å²) in [5, 5.41) is 7.39. The summed E-state index contributed by atoms with van der Waals surface area (Å²) in [6.45, 7) is 6.38. The van der Waals surface area contributed by atoms with E-state index in [4.69, 9.17) is 0 Å². The Labute approximate surface area is 75.9 Å². The van der Waals surface area contributed by atoms with Crippen molar-refractivity contribution >= 4 is 11.2 Å². The van der Waals surface area contributed by atoms with Crippen LogP contribution >= 0.6 is 0 Å². The molecular formula is C9H11N3O. The Bertz CT molecular complexity index is 428. The van der Waals surface area contributed by atoms with Crippen LogP contribution < -0.4 is 0 Å². The molecule has 68 valence electrons. The van der Waals surface area contributed by atoms with Crippen LogP contribution in [0.5, 0.6) is 0 Å². The van der Waals surface area contributed by atoms with E-state index in [1.54, 1.807) is 0 Å². The molecule has 0 aliphatic heterocycles. The molecular weight excluding hydrogens is 166 g/mol. The van der Waals surface area contributed by atoms with Crippen molar-refractivity contribution in [2.24, 2.45) is 0 Å². The van der Waals surface area contributed by atoms with Gasteiger partial charge in [0.2, 0.25) is 5.65 Å². The van der Waals surface area contributed by atoms with Crippen LogP contribution in [-0.4, -0.2) is 15.3 Å². The van der Waals surface area contributed by atoms with Gasteiger partial charge in [-0.3, -0.25) is 0 Å². The molecule has 0 N–H and O–H groups in total. The zero-order valence-electron chi connectivity index (χ0n) is 7.90. The smallest absolute Gasteiger partial charge is 0.224 e. The second kappa shape index (κ2) is 2.52. The molecule has 4 heteroatoms. The van der Waals surface area contributed by atoms with E-state index in [-0.39, 0.29) is 5.41 Å². The van der Waals surface area contributed by atoms with E-state index in [0.29, 0.717) is 11.2 Å². The highest BCUT2D eigenvalue weighted by atomic mass is 16.6. The minimum atomic E-state index is 0.0835. The molecule has 0 aliphatic rings. The van der Waals surface area contributed by atoms with Crippen molar-refractivity contribution < 1.29 is 4.63 Å². The fourth-order valence-electron chi connectivity index (χ4n) is 1.10. The van der Waals surface area contributed by atoms with E-state index in [1.807, 2.05) is 12.3 Å². The van der Waals surface area contributed by atoms with Crippen LogP contribution in [0.1, 0.15) is 26.3 Å². The Morgan fingerprint density at radius 2 is 2.00 bits per heavy atom. The van der Waals surface area contributed by atoms with Gasteiger partial charge in [-0.2, -0.15) is 0 Å². The van der Waals surface area contributed by atoms with Crippen LogP contribution in [0.3, 0.4) is 0 Å². The maximum Gasteiger partial charge on any atom is 0.224 e. The number of rotatable bonds is 0. The molecule has 0 saturated heterocycles. The minimum Gasteiger partial charge on any atom is -0.242 e. The summed E-state index contributed by atoms with van der Waals surface area (Å²) in [6, 6.07) is 1.96. The lowest BCUT2D eigenvalue weighted by Crippen LogP contribution is -2.11. The predicted octanol–water partition coefficient (Wildman–Crippen LogP) is 1.92. The lowest BCUT2D eigenvalue weighted by atomic mass is 9.88. The topological polar surface area (TPSA) is 51.8 Å². The molecule has 0 atom stereocenters. The van der Waals surface area contributed by atoms with Crippen molar-refractivity contribution in [2.75, 3.05) is 0 Å². The molecule has 13 heavy (non-hydrogen) atoms. The fourth-order valence-corrected chi connectivity index (χ4v) is 1.10. The highest BCUT2D eigenvalue weighted by Gasteiger charge is 2.15. The molecule has 0 bridgehead atoms. The van der Waals surface area contributed by atoms with Crippen molar-refractivity contribution in [1.29, 1.82) is 0 Å². The summed E-state index contributed by atoms with van der Waals surface area (Å²) in [6.07, 6.45) is 1.81. The molecule has 2 aromatic heterocycles. The predicted molar refractivity (Wildman–Crippen MR) is 48.3 cm³/mol. The van der Waals surface area contributed by atoms with Gasteiger partial charge in [-0.05, 0) is 27.4 Å². The van der Waals surface area contributed by atoms with Crippen molar-refractivity contribution in [3.05, 3.63) is 17.8 Å². The summed E-state index contributed by atoms with van der Waals surface area (Å²) < 4.78 is 4.57. The molecule has 0 aliphatic carbocycles. The summed E-state index contributed by atoms with van der Waals surface area (Å²) in [5.74, 6) is 0. The van der Waals surface area contributed by atoms with E-state index in [1.165, 1.54) is 0 Å². The van der Waals surface area contributed by atoms with Gasteiger partial charge >= 0.3 is 0 Å². The lowest BCUT2D eigenvalue weighted by molar-refractivity contribution is 0.315. The summed E-state index contributed by atoms with van der Waals surface area (Å²) >= 11 is 0. The highest BCUT2D eigenvalue weighted by molar-refractivity contribution is 5.68. The fraction of sp³-hybridized carbons (Fsp3) is 0.444. The highest BCUT2D eigenvalue weighted by Crippen LogP contribution is 2.22. The Balaban J connectivity index is 2.61. The van der Waals surface area contributed by atoms with Gasteiger partial charge in [0, 0.05) is 6.20 Å². The molecule has 4 nitrogen and oxygen atoms in total. The SMILES string of the molecule is CC(C)(C)c1cnc2nonc2c1. The molecule has 2 rings (SSSR count). The zero-order chi connectivity index (χ0) is 9.47. The number of aromatic nitrogens is 3. The second-order valence-corrected chi connectivity index (χ2v) is 4.08. The Morgan fingerprint density at radius 1 is 1.23 bits per heavy atom. The minimum absolute atomic E-state index is 0.0835. The average molecular weight is 177 g/mol. The van der Waals surface area contributed by atoms with Crippen LogP contribution in [0, 0.1) is 0 Å². The van der Waals surface area contributed by atoms with Crippen molar-refractivity contribution in [3.8, 4) is 0 Å². The molecule has 0 spiro atoms. The van der Waals surface area contributed by atoms with Gasteiger partial charge in [0.05, 0.1) is 0 Å². The number of nitrogens with zero attached hydrogens (tertiary/aromatic N) is 3. The number of pyridine rings is 1. The van der Waals surface area contributed by atoms with Gasteiger partial charge in [-0.25, -0.2) is 9.61 Å². The van der Waals surface area contributed by atoms with Gasteiger partial charge in [-0.15, -0.1) is 0 Å². The quantitative estimate of drug-likeness (QED) is 0.616. The van der Waals surface area contributed by atoms with Crippen molar-refractivity contribution in [3.63, 3.8) is 0 Å². The maximum atomic E-state index is 4.57. The number of fused-ring (bicyclic) bond motifs is 1. The number of hydrogen-bond acceptors (Lipinski definition) is 4. The molecule has 0 saturated carbocycles. The Morgan fingerprint density at radius 3 is 2.69 bits per heavy atom. The molecule has 0 aromatic carbocycles. The standard InChI is InChI=1S/C9H11N3O/c1-9(2,3)6-4-7-8(10-5-6)12-13-11-7/h4-5H,1-3H3. The van der Waals surface area contributed by atoms with Crippen LogP contribution in [0.2, 0.25) is 0 Å². The molecule has 2 heterocycles. The largest absolute Gasteiger partial charge is 0.242 e. The molecule has 0 radical (unpaired) electrons. The third-order valence-corrected chi connectivity index (χ3v) is 1.98. The first kappa shape index (κ1) is 8.16. The van der Waals surface area contributed by atoms with Gasteiger partial charge in [-0.1, -0.05) is 20.8 Å². The molecule has 2 aromatic rings. The van der Waals surface area contributed by atoms with Crippen molar-refractivity contribution in [1.82, 2.24) is 15.3 Å². The van der Waals surface area contributed by atoms with Crippen LogP contribution in [-0.2, 0) is 5.41 Å². The van der Waals surface area contributed by atoms with Crippen LogP contribution in [0.4, 0.5) is 0 Å². The van der Waals surface area contributed by atoms with E-state index in [0.717, 1.165) is 5.56 Å². The van der Waals surface area contributed by atoms with E-state index in [9.17, 15) is 0 Å². The molecule has 0 amide bonds. The Hall–Kier alpha value is -1.45. The molecule has 0 fully saturated rings. The van der Waals surface area contributed by atoms with E-state index < -0.39 is 0 Å². The summed E-state index contributed by atoms with van der Waals surface area (Å²) in [4.78, 5) is 4.14. The van der Waals surface area contributed by atoms with Gasteiger partial charge < -0.3 is 0 Å². The third kappa shape index (κ3) is 1.39. The Kier molecular flexibility index (Phi) is 1.58. The van der Waals surface area contributed by atoms with Gasteiger partial charge in [0.15, 0.2) is 5.52 Å².